The van der Waals surface area contributed by atoms with E-state index < -0.39 is 0 Å². The number of pyridine rings is 3. The molecule has 6 rings (SSSR count). The zero-order valence-corrected chi connectivity index (χ0v) is 21.0. The molecule has 0 aliphatic carbocycles. The van der Waals surface area contributed by atoms with E-state index in [-0.39, 0.29) is 17.5 Å². The highest BCUT2D eigenvalue weighted by Gasteiger charge is 2.20. The van der Waals surface area contributed by atoms with Gasteiger partial charge in [-0.1, -0.05) is 36.4 Å². The molecule has 0 fully saturated rings. The van der Waals surface area contributed by atoms with Crippen LogP contribution in [0.2, 0.25) is 0 Å². The minimum absolute atomic E-state index is 0.104. The van der Waals surface area contributed by atoms with Gasteiger partial charge in [0.2, 0.25) is 5.95 Å². The first-order chi connectivity index (χ1) is 18.5. The van der Waals surface area contributed by atoms with E-state index in [4.69, 9.17) is 5.73 Å². The number of nitrogens with two attached hydrogens (primary N) is 1. The van der Waals surface area contributed by atoms with Crippen LogP contribution < -0.4 is 16.6 Å². The number of aromatic nitrogens is 5. The van der Waals surface area contributed by atoms with Gasteiger partial charge in [-0.25, -0.2) is 4.98 Å². The van der Waals surface area contributed by atoms with Gasteiger partial charge in [0.25, 0.3) is 5.56 Å². The van der Waals surface area contributed by atoms with E-state index in [9.17, 15) is 4.79 Å². The number of rotatable bonds is 5. The van der Waals surface area contributed by atoms with E-state index in [0.29, 0.717) is 22.2 Å². The van der Waals surface area contributed by atoms with Crippen molar-refractivity contribution in [3.8, 4) is 16.8 Å². The summed E-state index contributed by atoms with van der Waals surface area (Å²) >= 11 is 0. The van der Waals surface area contributed by atoms with Gasteiger partial charge in [0, 0.05) is 29.5 Å². The predicted octanol–water partition coefficient (Wildman–Crippen LogP) is 5.45. The van der Waals surface area contributed by atoms with E-state index in [1.165, 1.54) is 0 Å². The summed E-state index contributed by atoms with van der Waals surface area (Å²) in [6, 6.07) is 24.9. The van der Waals surface area contributed by atoms with Crippen LogP contribution in [0.25, 0.3) is 38.6 Å². The van der Waals surface area contributed by atoms with Crippen LogP contribution >= 0.6 is 0 Å². The molecule has 4 heterocycles. The Hall–Kier alpha value is -5.11. The molecule has 0 spiro atoms. The fourth-order valence-corrected chi connectivity index (χ4v) is 4.86. The lowest BCUT2D eigenvalue weighted by Crippen LogP contribution is -2.26. The third-order valence-corrected chi connectivity index (χ3v) is 6.57. The number of nitrogens with one attached hydrogen (secondary N) is 1. The van der Waals surface area contributed by atoms with Gasteiger partial charge in [-0.05, 0) is 72.8 Å². The summed E-state index contributed by atoms with van der Waals surface area (Å²) in [5.41, 5.74) is 11.4. The lowest BCUT2D eigenvalue weighted by Gasteiger charge is -2.22. The first-order valence-electron chi connectivity index (χ1n) is 12.3. The van der Waals surface area contributed by atoms with E-state index >= 15 is 0 Å². The van der Waals surface area contributed by atoms with Crippen LogP contribution in [0.4, 0.5) is 11.8 Å². The average Bonchev–Trinajstić information content (AvgIpc) is 2.93. The van der Waals surface area contributed by atoms with Gasteiger partial charge in [0.05, 0.1) is 16.9 Å². The molecule has 0 aliphatic rings. The molecule has 2 aromatic carbocycles. The van der Waals surface area contributed by atoms with E-state index in [1.807, 2.05) is 80.6 Å². The van der Waals surface area contributed by atoms with Crippen LogP contribution in [0.1, 0.15) is 24.4 Å². The standard InChI is InChI=1S/C30H25N7O/c1-18-16-20(13-15-32-18)23-11-6-8-21-17-25(37(29(38)26(21)23)22-9-4-3-5-10-22)19(2)34-28-27-24(12-7-14-33-27)35-30(31)36-28/h3-17,19H,1-2H3,(H3,31,34,35,36)/t19-/m0/s1. The van der Waals surface area contributed by atoms with Crippen molar-refractivity contribution >= 4 is 33.6 Å². The zero-order chi connectivity index (χ0) is 26.2. The molecule has 0 radical (unpaired) electrons. The van der Waals surface area contributed by atoms with E-state index in [0.717, 1.165) is 33.6 Å². The molecule has 0 saturated heterocycles. The Morgan fingerprint density at radius 2 is 1.74 bits per heavy atom. The monoisotopic (exact) mass is 499 g/mol. The summed E-state index contributed by atoms with van der Waals surface area (Å²) in [6.45, 7) is 3.93. The summed E-state index contributed by atoms with van der Waals surface area (Å²) in [4.78, 5) is 31.8. The van der Waals surface area contributed by atoms with Crippen LogP contribution in [0, 0.1) is 6.92 Å². The molecule has 0 amide bonds. The summed E-state index contributed by atoms with van der Waals surface area (Å²) in [5.74, 6) is 0.658. The summed E-state index contributed by atoms with van der Waals surface area (Å²) < 4.78 is 1.76. The second-order valence-electron chi connectivity index (χ2n) is 9.17. The van der Waals surface area contributed by atoms with Gasteiger partial charge in [-0.3, -0.25) is 19.3 Å². The highest BCUT2D eigenvalue weighted by molar-refractivity contribution is 5.96. The van der Waals surface area contributed by atoms with Gasteiger partial charge in [-0.2, -0.15) is 4.98 Å². The second kappa shape index (κ2) is 9.40. The molecule has 186 valence electrons. The largest absolute Gasteiger partial charge is 0.368 e. The third kappa shape index (κ3) is 4.12. The number of hydrogen-bond donors (Lipinski definition) is 2. The van der Waals surface area contributed by atoms with Crippen molar-refractivity contribution < 1.29 is 0 Å². The van der Waals surface area contributed by atoms with Gasteiger partial charge in [0.1, 0.15) is 5.52 Å². The fraction of sp³-hybridized carbons (Fsp3) is 0.100. The molecule has 3 N–H and O–H groups in total. The Labute approximate surface area is 218 Å². The Bertz CT molecular complexity index is 1870. The van der Waals surface area contributed by atoms with Crippen LogP contribution in [0.5, 0.6) is 0 Å². The van der Waals surface area contributed by atoms with Gasteiger partial charge >= 0.3 is 0 Å². The van der Waals surface area contributed by atoms with Crippen molar-refractivity contribution in [3.63, 3.8) is 0 Å². The van der Waals surface area contributed by atoms with Gasteiger partial charge < -0.3 is 11.1 Å². The Morgan fingerprint density at radius 1 is 0.895 bits per heavy atom. The number of para-hydroxylation sites is 1. The lowest BCUT2D eigenvalue weighted by molar-refractivity contribution is 0.774. The van der Waals surface area contributed by atoms with E-state index in [1.54, 1.807) is 23.0 Å². The highest BCUT2D eigenvalue weighted by atomic mass is 16.1. The zero-order valence-electron chi connectivity index (χ0n) is 21.0. The number of hydrogen-bond acceptors (Lipinski definition) is 7. The smallest absolute Gasteiger partial charge is 0.263 e. The number of aryl methyl sites for hydroxylation is 1. The Morgan fingerprint density at radius 3 is 2.55 bits per heavy atom. The molecule has 0 bridgehead atoms. The molecule has 8 nitrogen and oxygen atoms in total. The first kappa shape index (κ1) is 23.3. The number of anilines is 2. The fourth-order valence-electron chi connectivity index (χ4n) is 4.86. The Balaban J connectivity index is 1.57. The second-order valence-corrected chi connectivity index (χ2v) is 9.17. The third-order valence-electron chi connectivity index (χ3n) is 6.57. The molecule has 1 atom stereocenters. The van der Waals surface area contributed by atoms with Crippen molar-refractivity contribution in [3.05, 3.63) is 113 Å². The first-order valence-corrected chi connectivity index (χ1v) is 12.3. The van der Waals surface area contributed by atoms with E-state index in [2.05, 4.69) is 31.3 Å². The Kier molecular flexibility index (Phi) is 5.76. The number of nitrogen functional groups attached to an aromatic ring is 1. The average molecular weight is 500 g/mol. The normalized spacial score (nSPS) is 12.1. The highest BCUT2D eigenvalue weighted by Crippen LogP contribution is 2.31. The lowest BCUT2D eigenvalue weighted by atomic mass is 9.98. The number of nitrogens with zero attached hydrogens (tertiary/aromatic N) is 5. The molecule has 0 unspecified atom stereocenters. The van der Waals surface area contributed by atoms with Crippen molar-refractivity contribution in [2.75, 3.05) is 11.1 Å². The quantitative estimate of drug-likeness (QED) is 0.324. The summed E-state index contributed by atoms with van der Waals surface area (Å²) in [6.07, 6.45) is 3.46. The topological polar surface area (TPSA) is 112 Å². The molecular weight excluding hydrogens is 474 g/mol. The molecule has 4 aromatic heterocycles. The van der Waals surface area contributed by atoms with Crippen LogP contribution in [-0.2, 0) is 0 Å². The van der Waals surface area contributed by atoms with Crippen molar-refractivity contribution in [1.82, 2.24) is 24.5 Å². The van der Waals surface area contributed by atoms with Gasteiger partial charge in [-0.15, -0.1) is 0 Å². The molecule has 6 aromatic rings. The minimum atomic E-state index is -0.321. The van der Waals surface area contributed by atoms with Gasteiger partial charge in [0.15, 0.2) is 5.82 Å². The molecule has 8 heteroatoms. The maximum absolute atomic E-state index is 14.3. The molecule has 0 saturated carbocycles. The van der Waals surface area contributed by atoms with Crippen LogP contribution in [-0.4, -0.2) is 24.5 Å². The molecule has 0 aliphatic heterocycles. The maximum Gasteiger partial charge on any atom is 0.263 e. The molecule has 38 heavy (non-hydrogen) atoms. The predicted molar refractivity (Wildman–Crippen MR) is 151 cm³/mol. The number of fused-ring (bicyclic) bond motifs is 2. The molecular formula is C30H25N7O. The summed E-state index contributed by atoms with van der Waals surface area (Å²) in [5, 5.41) is 4.94. The van der Waals surface area contributed by atoms with Crippen molar-refractivity contribution in [2.24, 2.45) is 0 Å². The van der Waals surface area contributed by atoms with Crippen molar-refractivity contribution in [1.29, 1.82) is 0 Å². The maximum atomic E-state index is 14.3. The minimum Gasteiger partial charge on any atom is -0.368 e. The van der Waals surface area contributed by atoms with Crippen molar-refractivity contribution in [2.45, 2.75) is 19.9 Å². The number of benzene rings is 2. The SMILES string of the molecule is Cc1cc(-c2cccc3cc([C@H](C)Nc4nc(N)nc5cccnc45)n(-c4ccccc4)c(=O)c23)ccn1. The van der Waals surface area contributed by atoms with Crippen LogP contribution in [0.15, 0.2) is 96.1 Å². The van der Waals surface area contributed by atoms with Crippen LogP contribution in [0.3, 0.4) is 0 Å². The summed E-state index contributed by atoms with van der Waals surface area (Å²) in [7, 11) is 0.